The second-order valence-corrected chi connectivity index (χ2v) is 5.16. The molecule has 0 radical (unpaired) electrons. The number of carbonyl (C=O) groups is 1. The summed E-state index contributed by atoms with van der Waals surface area (Å²) in [5.41, 5.74) is 1.94. The molecule has 0 aromatic carbocycles. The van der Waals surface area contributed by atoms with Crippen LogP contribution in [0.3, 0.4) is 0 Å². The lowest BCUT2D eigenvalue weighted by molar-refractivity contribution is 0.0970. The minimum atomic E-state index is 0.238. The fourth-order valence-electron chi connectivity index (χ4n) is 2.49. The highest BCUT2D eigenvalue weighted by Crippen LogP contribution is 2.22. The van der Waals surface area contributed by atoms with Gasteiger partial charge in [-0.05, 0) is 51.4 Å². The average Bonchev–Trinajstić information content (AvgIpc) is 2.86. The quantitative estimate of drug-likeness (QED) is 0.640. The van der Waals surface area contributed by atoms with E-state index in [1.165, 1.54) is 0 Å². The Kier molecular flexibility index (Phi) is 4.37. The van der Waals surface area contributed by atoms with Crippen LogP contribution in [-0.2, 0) is 0 Å². The van der Waals surface area contributed by atoms with Gasteiger partial charge in [0.25, 0.3) is 0 Å². The monoisotopic (exact) mass is 246 g/mol. The molecule has 0 amide bonds. The largest absolute Gasteiger partial charge is 0.342 e. The summed E-state index contributed by atoms with van der Waals surface area (Å²) in [6.07, 6.45) is 5.62. The Morgan fingerprint density at radius 1 is 1.44 bits per heavy atom. The summed E-state index contributed by atoms with van der Waals surface area (Å²) in [6, 6.07) is 4.41. The molecule has 2 heterocycles. The molecular weight excluding hydrogens is 224 g/mol. The first-order valence-electron chi connectivity index (χ1n) is 6.73. The summed E-state index contributed by atoms with van der Waals surface area (Å²) in [4.78, 5) is 12.2. The predicted molar refractivity (Wildman–Crippen MR) is 74.0 cm³/mol. The predicted octanol–water partition coefficient (Wildman–Crippen LogP) is 2.95. The molecule has 2 rings (SSSR count). The number of Topliss-reactive ketones (excluding diaryl/α,β-unsaturated/α-hetero) is 1. The molecule has 0 unspecified atom stereocenters. The van der Waals surface area contributed by atoms with E-state index in [9.17, 15) is 4.79 Å². The highest BCUT2D eigenvalue weighted by Gasteiger charge is 2.19. The molecule has 1 aromatic heterocycles. The number of hydrogen-bond donors (Lipinski definition) is 1. The molecule has 1 N–H and O–H groups in total. The Morgan fingerprint density at radius 3 is 2.83 bits per heavy atom. The number of allylic oxidation sites excluding steroid dienone is 1. The van der Waals surface area contributed by atoms with E-state index in [-0.39, 0.29) is 5.78 Å². The van der Waals surface area contributed by atoms with E-state index in [2.05, 4.69) is 16.5 Å². The Morgan fingerprint density at radius 2 is 2.17 bits per heavy atom. The SMILES string of the molecule is C=C(C)CCC(=O)c1cccn1C1CCNCC1. The van der Waals surface area contributed by atoms with E-state index in [0.717, 1.165) is 43.6 Å². The third kappa shape index (κ3) is 3.10. The molecule has 0 atom stereocenters. The normalized spacial score (nSPS) is 16.7. The van der Waals surface area contributed by atoms with Crippen LogP contribution in [0.15, 0.2) is 30.5 Å². The van der Waals surface area contributed by atoms with Crippen LogP contribution in [0.1, 0.15) is 49.1 Å². The molecule has 0 spiro atoms. The molecule has 0 bridgehead atoms. The number of rotatable bonds is 5. The fraction of sp³-hybridized carbons (Fsp3) is 0.533. The van der Waals surface area contributed by atoms with E-state index in [4.69, 9.17) is 0 Å². The number of hydrogen-bond acceptors (Lipinski definition) is 2. The van der Waals surface area contributed by atoms with Gasteiger partial charge in [0.1, 0.15) is 0 Å². The van der Waals surface area contributed by atoms with Gasteiger partial charge in [-0.2, -0.15) is 0 Å². The van der Waals surface area contributed by atoms with E-state index in [0.29, 0.717) is 12.5 Å². The number of nitrogens with one attached hydrogen (secondary N) is 1. The van der Waals surface area contributed by atoms with Crippen molar-refractivity contribution in [2.75, 3.05) is 13.1 Å². The first-order chi connectivity index (χ1) is 8.68. The lowest BCUT2D eigenvalue weighted by Gasteiger charge is -2.25. The van der Waals surface area contributed by atoms with Crippen molar-refractivity contribution in [3.8, 4) is 0 Å². The van der Waals surface area contributed by atoms with Gasteiger partial charge >= 0.3 is 0 Å². The molecule has 3 heteroatoms. The Labute approximate surface area is 109 Å². The summed E-state index contributed by atoms with van der Waals surface area (Å²) in [6.45, 7) is 7.91. The van der Waals surface area contributed by atoms with Crippen molar-refractivity contribution >= 4 is 5.78 Å². The summed E-state index contributed by atoms with van der Waals surface area (Å²) in [5.74, 6) is 0.238. The second kappa shape index (κ2) is 6.01. The molecule has 1 fully saturated rings. The molecule has 1 saturated heterocycles. The molecule has 0 aliphatic carbocycles. The minimum Gasteiger partial charge on any atom is -0.342 e. The maximum absolute atomic E-state index is 12.2. The third-order valence-corrected chi connectivity index (χ3v) is 3.55. The number of piperidine rings is 1. The number of ketones is 1. The molecule has 18 heavy (non-hydrogen) atoms. The number of nitrogens with zero attached hydrogens (tertiary/aromatic N) is 1. The Bertz CT molecular complexity index is 427. The van der Waals surface area contributed by atoms with Crippen LogP contribution in [0.4, 0.5) is 0 Å². The smallest absolute Gasteiger partial charge is 0.179 e. The zero-order valence-corrected chi connectivity index (χ0v) is 11.1. The van der Waals surface area contributed by atoms with Gasteiger partial charge in [-0.1, -0.05) is 5.57 Å². The van der Waals surface area contributed by atoms with Gasteiger partial charge in [-0.3, -0.25) is 4.79 Å². The summed E-state index contributed by atoms with van der Waals surface area (Å²) in [5, 5.41) is 3.36. The highest BCUT2D eigenvalue weighted by molar-refractivity contribution is 5.94. The van der Waals surface area contributed by atoms with Gasteiger partial charge in [0.15, 0.2) is 5.78 Å². The molecule has 98 valence electrons. The van der Waals surface area contributed by atoms with Crippen molar-refractivity contribution in [1.82, 2.24) is 9.88 Å². The van der Waals surface area contributed by atoms with Crippen molar-refractivity contribution in [2.45, 2.75) is 38.6 Å². The van der Waals surface area contributed by atoms with Crippen molar-refractivity contribution in [2.24, 2.45) is 0 Å². The topological polar surface area (TPSA) is 34.0 Å². The Hall–Kier alpha value is -1.35. The first-order valence-corrected chi connectivity index (χ1v) is 6.73. The van der Waals surface area contributed by atoms with Gasteiger partial charge < -0.3 is 9.88 Å². The van der Waals surface area contributed by atoms with Crippen LogP contribution in [0, 0.1) is 0 Å². The van der Waals surface area contributed by atoms with Crippen LogP contribution < -0.4 is 5.32 Å². The maximum Gasteiger partial charge on any atom is 0.179 e. The number of aromatic nitrogens is 1. The maximum atomic E-state index is 12.2. The van der Waals surface area contributed by atoms with Crippen molar-refractivity contribution in [3.05, 3.63) is 36.2 Å². The standard InChI is InChI=1S/C15H22N2O/c1-12(2)5-6-15(18)14-4-3-11-17(14)13-7-9-16-10-8-13/h3-4,11,13,16H,1,5-10H2,2H3. The molecular formula is C15H22N2O. The minimum absolute atomic E-state index is 0.238. The molecule has 1 aromatic rings. The van der Waals surface area contributed by atoms with Gasteiger partial charge in [-0.25, -0.2) is 0 Å². The van der Waals surface area contributed by atoms with Gasteiger partial charge in [0, 0.05) is 18.7 Å². The van der Waals surface area contributed by atoms with Crippen LogP contribution >= 0.6 is 0 Å². The lowest BCUT2D eigenvalue weighted by Crippen LogP contribution is -2.30. The van der Waals surface area contributed by atoms with Crippen molar-refractivity contribution < 1.29 is 4.79 Å². The molecule has 1 aliphatic heterocycles. The zero-order chi connectivity index (χ0) is 13.0. The summed E-state index contributed by atoms with van der Waals surface area (Å²) < 4.78 is 2.17. The van der Waals surface area contributed by atoms with E-state index >= 15 is 0 Å². The highest BCUT2D eigenvalue weighted by atomic mass is 16.1. The summed E-state index contributed by atoms with van der Waals surface area (Å²) >= 11 is 0. The average molecular weight is 246 g/mol. The Balaban J connectivity index is 2.06. The number of carbonyl (C=O) groups excluding carboxylic acids is 1. The van der Waals surface area contributed by atoms with Gasteiger partial charge in [0.05, 0.1) is 5.69 Å². The molecule has 1 aliphatic rings. The van der Waals surface area contributed by atoms with E-state index in [1.54, 1.807) is 0 Å². The lowest BCUT2D eigenvalue weighted by atomic mass is 10.0. The summed E-state index contributed by atoms with van der Waals surface area (Å²) in [7, 11) is 0. The van der Waals surface area contributed by atoms with E-state index in [1.807, 2.05) is 25.3 Å². The fourth-order valence-corrected chi connectivity index (χ4v) is 2.49. The van der Waals surface area contributed by atoms with Gasteiger partial charge in [-0.15, -0.1) is 6.58 Å². The van der Waals surface area contributed by atoms with Gasteiger partial charge in [0.2, 0.25) is 0 Å². The van der Waals surface area contributed by atoms with Crippen LogP contribution in [0.5, 0.6) is 0 Å². The van der Waals surface area contributed by atoms with Crippen molar-refractivity contribution in [3.63, 3.8) is 0 Å². The van der Waals surface area contributed by atoms with Crippen LogP contribution in [0.2, 0.25) is 0 Å². The molecule has 0 saturated carbocycles. The van der Waals surface area contributed by atoms with Crippen LogP contribution in [-0.4, -0.2) is 23.4 Å². The zero-order valence-electron chi connectivity index (χ0n) is 11.1. The first kappa shape index (κ1) is 13.1. The van der Waals surface area contributed by atoms with E-state index < -0.39 is 0 Å². The second-order valence-electron chi connectivity index (χ2n) is 5.16. The van der Waals surface area contributed by atoms with Crippen LogP contribution in [0.25, 0.3) is 0 Å². The molecule has 3 nitrogen and oxygen atoms in total. The van der Waals surface area contributed by atoms with Crippen molar-refractivity contribution in [1.29, 1.82) is 0 Å². The third-order valence-electron chi connectivity index (χ3n) is 3.55.